The van der Waals surface area contributed by atoms with Crippen LogP contribution in [0.25, 0.3) is 0 Å². The van der Waals surface area contributed by atoms with E-state index in [0.29, 0.717) is 5.89 Å². The van der Waals surface area contributed by atoms with Gasteiger partial charge in [-0.05, 0) is 25.8 Å². The lowest BCUT2D eigenvalue weighted by molar-refractivity contribution is 0.464. The highest BCUT2D eigenvalue weighted by atomic mass is 35.5. The first kappa shape index (κ1) is 11.2. The van der Waals surface area contributed by atoms with E-state index < -0.39 is 0 Å². The fourth-order valence-electron chi connectivity index (χ4n) is 1.54. The minimum Gasteiger partial charge on any atom is -0.444 e. The van der Waals surface area contributed by atoms with E-state index in [2.05, 4.69) is 17.1 Å². The molecule has 0 aliphatic rings. The van der Waals surface area contributed by atoms with E-state index in [1.54, 1.807) is 0 Å². The van der Waals surface area contributed by atoms with Gasteiger partial charge in [0, 0.05) is 0 Å². The molecule has 1 aromatic carbocycles. The first-order chi connectivity index (χ1) is 7.66. The summed E-state index contributed by atoms with van der Waals surface area (Å²) in [6, 6.07) is 10.1. The van der Waals surface area contributed by atoms with Crippen molar-refractivity contribution in [3.63, 3.8) is 0 Å². The average Bonchev–Trinajstić information content (AvgIpc) is 2.61. The maximum absolute atomic E-state index is 6.27. The van der Waals surface area contributed by atoms with E-state index in [9.17, 15) is 0 Å². The van der Waals surface area contributed by atoms with E-state index in [1.807, 2.05) is 32.0 Å². The summed E-state index contributed by atoms with van der Waals surface area (Å²) < 4.78 is 5.51. The van der Waals surface area contributed by atoms with Gasteiger partial charge in [-0.25, -0.2) is 4.98 Å². The maximum Gasteiger partial charge on any atom is 0.213 e. The van der Waals surface area contributed by atoms with Crippen molar-refractivity contribution in [1.29, 1.82) is 0 Å². The Labute approximate surface area is 100 Å². The Kier molecular flexibility index (Phi) is 3.30. The van der Waals surface area contributed by atoms with Crippen molar-refractivity contribution in [2.24, 2.45) is 0 Å². The van der Waals surface area contributed by atoms with Crippen LogP contribution in [0.4, 0.5) is 0 Å². The Morgan fingerprint density at radius 2 is 1.94 bits per heavy atom. The molecule has 2 rings (SSSR count). The van der Waals surface area contributed by atoms with Crippen LogP contribution < -0.4 is 0 Å². The largest absolute Gasteiger partial charge is 0.444 e. The number of nitrogens with zero attached hydrogens (tertiary/aromatic N) is 1. The standard InChI is InChI=1S/C13H14ClNO/c1-9-10(2)16-13(15-9)12(14)8-11-6-4-3-5-7-11/h3-7,12H,8H2,1-2H3/t12-/m0/s1. The molecule has 0 N–H and O–H groups in total. The normalized spacial score (nSPS) is 12.7. The zero-order valence-corrected chi connectivity index (χ0v) is 10.2. The molecule has 0 saturated heterocycles. The first-order valence-corrected chi connectivity index (χ1v) is 5.72. The predicted octanol–water partition coefficient (Wildman–Crippen LogP) is 3.81. The Morgan fingerprint density at radius 1 is 1.25 bits per heavy atom. The lowest BCUT2D eigenvalue weighted by Crippen LogP contribution is -1.96. The van der Waals surface area contributed by atoms with Crippen LogP contribution in [0.15, 0.2) is 34.7 Å². The molecule has 84 valence electrons. The topological polar surface area (TPSA) is 26.0 Å². The molecule has 1 aromatic heterocycles. The first-order valence-electron chi connectivity index (χ1n) is 5.28. The van der Waals surface area contributed by atoms with Crippen LogP contribution in [-0.4, -0.2) is 4.98 Å². The predicted molar refractivity (Wildman–Crippen MR) is 64.7 cm³/mol. The van der Waals surface area contributed by atoms with Crippen LogP contribution in [0.1, 0.15) is 28.3 Å². The van der Waals surface area contributed by atoms with Crippen LogP contribution in [0.3, 0.4) is 0 Å². The van der Waals surface area contributed by atoms with Crippen molar-refractivity contribution >= 4 is 11.6 Å². The number of hydrogen-bond donors (Lipinski definition) is 0. The number of aryl methyl sites for hydroxylation is 2. The van der Waals surface area contributed by atoms with Crippen molar-refractivity contribution in [2.45, 2.75) is 25.6 Å². The van der Waals surface area contributed by atoms with E-state index in [-0.39, 0.29) is 5.38 Å². The van der Waals surface area contributed by atoms with E-state index in [1.165, 1.54) is 5.56 Å². The third-order valence-corrected chi connectivity index (χ3v) is 2.91. The molecule has 0 fully saturated rings. The molecule has 0 bridgehead atoms. The molecule has 0 radical (unpaired) electrons. The molecular formula is C13H14ClNO. The van der Waals surface area contributed by atoms with Gasteiger partial charge in [0.2, 0.25) is 5.89 Å². The molecular weight excluding hydrogens is 222 g/mol. The summed E-state index contributed by atoms with van der Waals surface area (Å²) >= 11 is 6.27. The molecule has 1 heterocycles. The quantitative estimate of drug-likeness (QED) is 0.756. The van der Waals surface area contributed by atoms with Gasteiger partial charge < -0.3 is 4.42 Å². The van der Waals surface area contributed by atoms with Crippen molar-refractivity contribution in [1.82, 2.24) is 4.98 Å². The monoisotopic (exact) mass is 235 g/mol. The zero-order valence-electron chi connectivity index (χ0n) is 9.40. The molecule has 0 saturated carbocycles. The SMILES string of the molecule is Cc1nc([C@@H](Cl)Cc2ccccc2)oc1C. The molecule has 0 spiro atoms. The highest BCUT2D eigenvalue weighted by Gasteiger charge is 2.16. The number of benzene rings is 1. The smallest absolute Gasteiger partial charge is 0.213 e. The summed E-state index contributed by atoms with van der Waals surface area (Å²) in [5, 5.41) is -0.199. The Morgan fingerprint density at radius 3 is 2.50 bits per heavy atom. The highest BCUT2D eigenvalue weighted by molar-refractivity contribution is 6.20. The Hall–Kier alpha value is -1.28. The van der Waals surface area contributed by atoms with Crippen molar-refractivity contribution in [2.75, 3.05) is 0 Å². The maximum atomic E-state index is 6.27. The second kappa shape index (κ2) is 4.71. The van der Waals surface area contributed by atoms with Gasteiger partial charge in [-0.3, -0.25) is 0 Å². The van der Waals surface area contributed by atoms with Gasteiger partial charge >= 0.3 is 0 Å². The Balaban J connectivity index is 2.11. The molecule has 2 aromatic rings. The van der Waals surface area contributed by atoms with Crippen molar-refractivity contribution < 1.29 is 4.42 Å². The van der Waals surface area contributed by atoms with Gasteiger partial charge in [-0.2, -0.15) is 0 Å². The van der Waals surface area contributed by atoms with Gasteiger partial charge in [0.05, 0.1) is 5.69 Å². The highest BCUT2D eigenvalue weighted by Crippen LogP contribution is 2.25. The van der Waals surface area contributed by atoms with E-state index >= 15 is 0 Å². The van der Waals surface area contributed by atoms with Crippen molar-refractivity contribution in [3.05, 3.63) is 53.2 Å². The van der Waals surface area contributed by atoms with Crippen LogP contribution in [0.5, 0.6) is 0 Å². The van der Waals surface area contributed by atoms with Gasteiger partial charge in [0.25, 0.3) is 0 Å². The van der Waals surface area contributed by atoms with E-state index in [0.717, 1.165) is 17.9 Å². The van der Waals surface area contributed by atoms with Crippen LogP contribution in [-0.2, 0) is 6.42 Å². The number of oxazole rings is 1. The number of alkyl halides is 1. The summed E-state index contributed by atoms with van der Waals surface area (Å²) in [7, 11) is 0. The van der Waals surface area contributed by atoms with Gasteiger partial charge in [-0.15, -0.1) is 11.6 Å². The minimum atomic E-state index is -0.199. The zero-order chi connectivity index (χ0) is 11.5. The fourth-order valence-corrected chi connectivity index (χ4v) is 1.81. The molecule has 16 heavy (non-hydrogen) atoms. The molecule has 3 heteroatoms. The molecule has 2 nitrogen and oxygen atoms in total. The third kappa shape index (κ3) is 2.45. The molecule has 0 aliphatic carbocycles. The second-order valence-electron chi connectivity index (χ2n) is 3.85. The number of rotatable bonds is 3. The summed E-state index contributed by atoms with van der Waals surface area (Å²) in [5.41, 5.74) is 2.10. The minimum absolute atomic E-state index is 0.199. The molecule has 0 unspecified atom stereocenters. The van der Waals surface area contributed by atoms with Crippen LogP contribution in [0, 0.1) is 13.8 Å². The van der Waals surface area contributed by atoms with Crippen LogP contribution >= 0.6 is 11.6 Å². The summed E-state index contributed by atoms with van der Waals surface area (Å²) in [6.45, 7) is 3.83. The van der Waals surface area contributed by atoms with Gasteiger partial charge in [0.1, 0.15) is 11.1 Å². The molecule has 0 amide bonds. The molecule has 1 atom stereocenters. The summed E-state index contributed by atoms with van der Waals surface area (Å²) in [5.74, 6) is 1.45. The Bertz CT molecular complexity index is 445. The molecule has 0 aliphatic heterocycles. The van der Waals surface area contributed by atoms with Crippen LogP contribution in [0.2, 0.25) is 0 Å². The fraction of sp³-hybridized carbons (Fsp3) is 0.308. The summed E-state index contributed by atoms with van der Waals surface area (Å²) in [4.78, 5) is 4.31. The van der Waals surface area contributed by atoms with E-state index in [4.69, 9.17) is 16.0 Å². The third-order valence-electron chi connectivity index (χ3n) is 2.57. The number of aromatic nitrogens is 1. The average molecular weight is 236 g/mol. The van der Waals surface area contributed by atoms with Crippen molar-refractivity contribution in [3.8, 4) is 0 Å². The summed E-state index contributed by atoms with van der Waals surface area (Å²) in [6.07, 6.45) is 0.738. The van der Waals surface area contributed by atoms with Gasteiger partial charge in [0.15, 0.2) is 0 Å². The van der Waals surface area contributed by atoms with Gasteiger partial charge in [-0.1, -0.05) is 30.3 Å². The lowest BCUT2D eigenvalue weighted by atomic mass is 10.1. The number of halogens is 1. The number of hydrogen-bond acceptors (Lipinski definition) is 2. The second-order valence-corrected chi connectivity index (χ2v) is 4.38. The lowest BCUT2D eigenvalue weighted by Gasteiger charge is -2.04.